The van der Waals surface area contributed by atoms with E-state index in [-0.39, 0.29) is 11.7 Å². The summed E-state index contributed by atoms with van der Waals surface area (Å²) in [4.78, 5) is 3.33. The summed E-state index contributed by atoms with van der Waals surface area (Å²) in [7, 11) is 0. The van der Waals surface area contributed by atoms with E-state index in [4.69, 9.17) is 0 Å². The van der Waals surface area contributed by atoms with Crippen molar-refractivity contribution in [1.29, 1.82) is 0 Å². The summed E-state index contributed by atoms with van der Waals surface area (Å²) >= 11 is 0.655. The molecule has 0 radical (unpaired) electrons. The van der Waals surface area contributed by atoms with Gasteiger partial charge in [-0.3, -0.25) is 0 Å². The first kappa shape index (κ1) is 12.6. The number of rotatable bonds is 3. The maximum atomic E-state index is 12.2. The van der Waals surface area contributed by atoms with Gasteiger partial charge in [-0.2, -0.15) is 22.5 Å². The highest BCUT2D eigenvalue weighted by Gasteiger charge is 2.36. The molecule has 0 spiro atoms. The van der Waals surface area contributed by atoms with E-state index in [0.29, 0.717) is 24.4 Å². The predicted octanol–water partition coefficient (Wildman–Crippen LogP) is 2.27. The third-order valence-electron chi connectivity index (χ3n) is 2.78. The Bertz CT molecular complexity index is 387. The third kappa shape index (κ3) is 3.06. The van der Waals surface area contributed by atoms with Crippen LogP contribution in [0.5, 0.6) is 0 Å². The average Bonchev–Trinajstić information content (AvgIpc) is 2.83. The first-order chi connectivity index (χ1) is 7.89. The molecule has 1 aliphatic rings. The van der Waals surface area contributed by atoms with Crippen molar-refractivity contribution in [1.82, 2.24) is 9.36 Å². The SMILES string of the molecule is OC1(CNc2nc(C(F)(F)F)ns2)CCCC1. The van der Waals surface area contributed by atoms with Crippen molar-refractivity contribution >= 4 is 16.7 Å². The molecule has 96 valence electrons. The van der Waals surface area contributed by atoms with E-state index < -0.39 is 17.6 Å². The van der Waals surface area contributed by atoms with E-state index in [1.807, 2.05) is 0 Å². The number of halogens is 3. The van der Waals surface area contributed by atoms with Crippen LogP contribution in [0.2, 0.25) is 0 Å². The van der Waals surface area contributed by atoms with Gasteiger partial charge in [-0.1, -0.05) is 12.8 Å². The van der Waals surface area contributed by atoms with Crippen LogP contribution in [0, 0.1) is 0 Å². The lowest BCUT2D eigenvalue weighted by Crippen LogP contribution is -2.33. The fraction of sp³-hybridized carbons (Fsp3) is 0.778. The van der Waals surface area contributed by atoms with Crippen molar-refractivity contribution in [3.8, 4) is 0 Å². The number of hydrogen-bond acceptors (Lipinski definition) is 5. The van der Waals surface area contributed by atoms with Crippen LogP contribution in [0.25, 0.3) is 0 Å². The Morgan fingerprint density at radius 2 is 2.00 bits per heavy atom. The van der Waals surface area contributed by atoms with Crippen LogP contribution < -0.4 is 5.32 Å². The largest absolute Gasteiger partial charge is 0.452 e. The van der Waals surface area contributed by atoms with Crippen LogP contribution in [0.1, 0.15) is 31.5 Å². The van der Waals surface area contributed by atoms with Gasteiger partial charge >= 0.3 is 6.18 Å². The summed E-state index contributed by atoms with van der Waals surface area (Å²) in [6.45, 7) is 0.222. The van der Waals surface area contributed by atoms with Crippen molar-refractivity contribution in [3.05, 3.63) is 5.82 Å². The second-order valence-corrected chi connectivity index (χ2v) is 4.96. The van der Waals surface area contributed by atoms with Gasteiger partial charge in [0.05, 0.1) is 5.60 Å². The molecule has 2 N–H and O–H groups in total. The summed E-state index contributed by atoms with van der Waals surface area (Å²) in [5, 5.41) is 12.8. The lowest BCUT2D eigenvalue weighted by molar-refractivity contribution is -0.144. The molecule has 17 heavy (non-hydrogen) atoms. The highest BCUT2D eigenvalue weighted by molar-refractivity contribution is 7.09. The summed E-state index contributed by atoms with van der Waals surface area (Å²) in [6.07, 6.45) is -1.28. The van der Waals surface area contributed by atoms with E-state index >= 15 is 0 Å². The summed E-state index contributed by atoms with van der Waals surface area (Å²) in [5.41, 5.74) is -0.815. The number of nitrogens with one attached hydrogen (secondary N) is 1. The van der Waals surface area contributed by atoms with Crippen LogP contribution in [-0.2, 0) is 6.18 Å². The zero-order chi connectivity index (χ0) is 12.5. The molecule has 1 heterocycles. The molecule has 8 heteroatoms. The van der Waals surface area contributed by atoms with E-state index in [1.165, 1.54) is 0 Å². The van der Waals surface area contributed by atoms with Crippen LogP contribution in [0.4, 0.5) is 18.3 Å². The second kappa shape index (κ2) is 4.41. The predicted molar refractivity (Wildman–Crippen MR) is 56.8 cm³/mol. The van der Waals surface area contributed by atoms with E-state index in [0.717, 1.165) is 12.8 Å². The minimum atomic E-state index is -4.51. The average molecular weight is 267 g/mol. The molecule has 1 aromatic heterocycles. The Labute approximate surface area is 100 Å². The Morgan fingerprint density at radius 1 is 1.35 bits per heavy atom. The zero-order valence-corrected chi connectivity index (χ0v) is 9.74. The maximum Gasteiger partial charge on any atom is 0.452 e. The molecule has 1 aromatic rings. The molecule has 1 fully saturated rings. The Morgan fingerprint density at radius 3 is 2.53 bits per heavy atom. The lowest BCUT2D eigenvalue weighted by Gasteiger charge is -2.21. The van der Waals surface area contributed by atoms with Gasteiger partial charge in [0.1, 0.15) is 0 Å². The smallest absolute Gasteiger partial charge is 0.388 e. The number of anilines is 1. The number of nitrogens with zero attached hydrogens (tertiary/aromatic N) is 2. The molecule has 0 bridgehead atoms. The summed E-state index contributed by atoms with van der Waals surface area (Å²) in [5.74, 6) is -1.14. The lowest BCUT2D eigenvalue weighted by atomic mass is 10.0. The minimum absolute atomic E-state index is 0.0950. The van der Waals surface area contributed by atoms with E-state index in [9.17, 15) is 18.3 Å². The fourth-order valence-electron chi connectivity index (χ4n) is 1.86. The molecule has 0 aliphatic heterocycles. The number of aromatic nitrogens is 2. The van der Waals surface area contributed by atoms with Gasteiger partial charge in [0.2, 0.25) is 11.0 Å². The van der Waals surface area contributed by atoms with Gasteiger partial charge in [0, 0.05) is 18.1 Å². The van der Waals surface area contributed by atoms with E-state index in [2.05, 4.69) is 14.7 Å². The highest BCUT2D eigenvalue weighted by atomic mass is 32.1. The van der Waals surface area contributed by atoms with Gasteiger partial charge in [-0.05, 0) is 12.8 Å². The Kier molecular flexibility index (Phi) is 3.26. The number of hydrogen-bond donors (Lipinski definition) is 2. The standard InChI is InChI=1S/C9H12F3N3OS/c10-9(11,12)6-14-7(17-15-6)13-5-8(16)3-1-2-4-8/h16H,1-5H2,(H,13,14,15). The van der Waals surface area contributed by atoms with Crippen molar-refractivity contribution in [2.24, 2.45) is 0 Å². The third-order valence-corrected chi connectivity index (χ3v) is 3.46. The number of aliphatic hydroxyl groups is 1. The Hall–Kier alpha value is -0.890. The second-order valence-electron chi connectivity index (χ2n) is 4.21. The molecule has 2 rings (SSSR count). The summed E-state index contributed by atoms with van der Waals surface area (Å²) < 4.78 is 39.9. The minimum Gasteiger partial charge on any atom is -0.388 e. The van der Waals surface area contributed by atoms with Crippen molar-refractivity contribution in [2.45, 2.75) is 37.5 Å². The van der Waals surface area contributed by atoms with Crippen LogP contribution in [0.15, 0.2) is 0 Å². The molecular weight excluding hydrogens is 255 g/mol. The van der Waals surface area contributed by atoms with Crippen molar-refractivity contribution in [3.63, 3.8) is 0 Å². The van der Waals surface area contributed by atoms with Gasteiger partial charge < -0.3 is 10.4 Å². The molecule has 1 saturated carbocycles. The molecule has 1 aliphatic carbocycles. The monoisotopic (exact) mass is 267 g/mol. The van der Waals surface area contributed by atoms with Gasteiger partial charge in [-0.15, -0.1) is 0 Å². The topological polar surface area (TPSA) is 58.0 Å². The van der Waals surface area contributed by atoms with Gasteiger partial charge in [0.25, 0.3) is 0 Å². The molecule has 4 nitrogen and oxygen atoms in total. The molecule has 0 saturated heterocycles. The van der Waals surface area contributed by atoms with Crippen LogP contribution >= 0.6 is 11.5 Å². The van der Waals surface area contributed by atoms with Crippen LogP contribution in [0.3, 0.4) is 0 Å². The molecule has 0 amide bonds. The first-order valence-electron chi connectivity index (χ1n) is 5.26. The van der Waals surface area contributed by atoms with Crippen LogP contribution in [-0.4, -0.2) is 26.6 Å². The van der Waals surface area contributed by atoms with Gasteiger partial charge in [0.15, 0.2) is 0 Å². The van der Waals surface area contributed by atoms with Gasteiger partial charge in [-0.25, -0.2) is 0 Å². The fourth-order valence-corrected chi connectivity index (χ4v) is 2.44. The molecule has 0 atom stereocenters. The molecule has 0 aromatic carbocycles. The first-order valence-corrected chi connectivity index (χ1v) is 6.04. The summed E-state index contributed by atoms with van der Waals surface area (Å²) in [6, 6.07) is 0. The highest BCUT2D eigenvalue weighted by Crippen LogP contribution is 2.31. The Balaban J connectivity index is 1.93. The number of alkyl halides is 3. The quantitative estimate of drug-likeness (QED) is 0.882. The van der Waals surface area contributed by atoms with Crippen molar-refractivity contribution in [2.75, 3.05) is 11.9 Å². The molecule has 0 unspecified atom stereocenters. The normalized spacial score (nSPS) is 19.5. The zero-order valence-electron chi connectivity index (χ0n) is 8.92. The maximum absolute atomic E-state index is 12.2. The molecular formula is C9H12F3N3OS. The van der Waals surface area contributed by atoms with Crippen molar-refractivity contribution < 1.29 is 18.3 Å². The van der Waals surface area contributed by atoms with E-state index in [1.54, 1.807) is 0 Å².